The van der Waals surface area contributed by atoms with Crippen molar-refractivity contribution in [2.75, 3.05) is 24.7 Å². The molecular formula is C17H22FN5O2S. The minimum Gasteiger partial charge on any atom is -0.486 e. The highest BCUT2D eigenvalue weighted by molar-refractivity contribution is 7.99. The molecule has 1 unspecified atom stereocenters. The normalized spacial score (nSPS) is 17.3. The maximum atomic E-state index is 12.9. The number of ether oxygens (including phenoxy) is 1. The van der Waals surface area contributed by atoms with E-state index in [9.17, 15) is 9.18 Å². The fourth-order valence-electron chi connectivity index (χ4n) is 2.82. The molecule has 2 heterocycles. The van der Waals surface area contributed by atoms with Crippen LogP contribution in [0.15, 0.2) is 29.4 Å². The van der Waals surface area contributed by atoms with Gasteiger partial charge in [-0.1, -0.05) is 18.7 Å². The molecule has 1 amide bonds. The van der Waals surface area contributed by atoms with Gasteiger partial charge >= 0.3 is 0 Å². The van der Waals surface area contributed by atoms with Crippen molar-refractivity contribution >= 4 is 17.7 Å². The molecule has 7 nitrogen and oxygen atoms in total. The highest BCUT2D eigenvalue weighted by atomic mass is 32.2. The number of piperidine rings is 1. The number of hydrogen-bond acceptors (Lipinski definition) is 6. The van der Waals surface area contributed by atoms with Crippen LogP contribution in [-0.2, 0) is 11.4 Å². The summed E-state index contributed by atoms with van der Waals surface area (Å²) in [5.74, 6) is 7.51. The summed E-state index contributed by atoms with van der Waals surface area (Å²) >= 11 is 1.26. The van der Waals surface area contributed by atoms with Gasteiger partial charge in [0.25, 0.3) is 0 Å². The Morgan fingerprint density at radius 1 is 1.38 bits per heavy atom. The third-order valence-corrected chi connectivity index (χ3v) is 5.18. The second-order valence-corrected chi connectivity index (χ2v) is 7.33. The van der Waals surface area contributed by atoms with Gasteiger partial charge in [0.05, 0.1) is 5.75 Å². The van der Waals surface area contributed by atoms with Crippen molar-refractivity contribution in [1.82, 2.24) is 19.8 Å². The number of likely N-dealkylation sites (tertiary alicyclic amines) is 1. The SMILES string of the molecule is CC1CCCN(C(=O)CSc2nnc(COc3ccc(F)cc3)n2N)C1. The minimum absolute atomic E-state index is 0.0914. The molecule has 1 saturated heterocycles. The summed E-state index contributed by atoms with van der Waals surface area (Å²) in [6, 6.07) is 5.69. The van der Waals surface area contributed by atoms with Gasteiger partial charge < -0.3 is 15.5 Å². The number of nitrogen functional groups attached to an aromatic ring is 1. The molecule has 2 N–H and O–H groups in total. The van der Waals surface area contributed by atoms with Crippen molar-refractivity contribution in [3.8, 4) is 5.75 Å². The Morgan fingerprint density at radius 2 is 2.15 bits per heavy atom. The molecule has 0 spiro atoms. The van der Waals surface area contributed by atoms with Crippen molar-refractivity contribution < 1.29 is 13.9 Å². The summed E-state index contributed by atoms with van der Waals surface area (Å²) in [5.41, 5.74) is 0. The first kappa shape index (κ1) is 18.5. The summed E-state index contributed by atoms with van der Waals surface area (Å²) < 4.78 is 19.7. The highest BCUT2D eigenvalue weighted by Gasteiger charge is 2.22. The van der Waals surface area contributed by atoms with E-state index in [2.05, 4.69) is 17.1 Å². The third kappa shape index (κ3) is 4.66. The van der Waals surface area contributed by atoms with Gasteiger partial charge in [-0.15, -0.1) is 10.2 Å². The Morgan fingerprint density at radius 3 is 2.88 bits per heavy atom. The fraction of sp³-hybridized carbons (Fsp3) is 0.471. The Balaban J connectivity index is 1.51. The maximum Gasteiger partial charge on any atom is 0.233 e. The van der Waals surface area contributed by atoms with Gasteiger partial charge in [0.1, 0.15) is 18.2 Å². The number of nitrogens with zero attached hydrogens (tertiary/aromatic N) is 4. The molecule has 3 rings (SSSR count). The number of rotatable bonds is 6. The zero-order chi connectivity index (χ0) is 18.5. The number of nitrogens with two attached hydrogens (primary N) is 1. The molecule has 1 atom stereocenters. The van der Waals surface area contributed by atoms with E-state index >= 15 is 0 Å². The van der Waals surface area contributed by atoms with E-state index in [1.807, 2.05) is 4.90 Å². The van der Waals surface area contributed by atoms with Crippen molar-refractivity contribution in [2.45, 2.75) is 31.5 Å². The Labute approximate surface area is 155 Å². The molecule has 0 aliphatic carbocycles. The van der Waals surface area contributed by atoms with Gasteiger partial charge in [0.15, 0.2) is 5.82 Å². The van der Waals surface area contributed by atoms with E-state index in [-0.39, 0.29) is 24.1 Å². The van der Waals surface area contributed by atoms with Crippen molar-refractivity contribution in [1.29, 1.82) is 0 Å². The van der Waals surface area contributed by atoms with Gasteiger partial charge in [-0.3, -0.25) is 4.79 Å². The van der Waals surface area contributed by atoms with E-state index in [1.54, 1.807) is 0 Å². The first-order valence-electron chi connectivity index (χ1n) is 8.51. The maximum absolute atomic E-state index is 12.9. The van der Waals surface area contributed by atoms with Crippen LogP contribution in [0.1, 0.15) is 25.6 Å². The Bertz CT molecular complexity index is 752. The average molecular weight is 379 g/mol. The molecule has 0 saturated carbocycles. The topological polar surface area (TPSA) is 86.3 Å². The lowest BCUT2D eigenvalue weighted by Crippen LogP contribution is -2.40. The van der Waals surface area contributed by atoms with Crippen molar-refractivity contribution in [3.63, 3.8) is 0 Å². The van der Waals surface area contributed by atoms with Gasteiger partial charge in [-0.05, 0) is 43.0 Å². The first-order valence-corrected chi connectivity index (χ1v) is 9.50. The molecule has 1 aliphatic rings. The molecule has 1 aromatic heterocycles. The average Bonchev–Trinajstić information content (AvgIpc) is 2.99. The Kier molecular flexibility index (Phi) is 5.97. The van der Waals surface area contributed by atoms with Gasteiger partial charge in [0.2, 0.25) is 11.1 Å². The van der Waals surface area contributed by atoms with Crippen molar-refractivity contribution in [2.24, 2.45) is 5.92 Å². The standard InChI is InChI=1S/C17H22FN5O2S/c1-12-3-2-8-22(9-12)16(24)11-26-17-21-20-15(23(17)19)10-25-14-6-4-13(18)5-7-14/h4-7,12H,2-3,8-11,19H2,1H3. The lowest BCUT2D eigenvalue weighted by Gasteiger charge is -2.30. The van der Waals surface area contributed by atoms with E-state index in [0.717, 1.165) is 19.5 Å². The van der Waals surface area contributed by atoms with Crippen LogP contribution < -0.4 is 10.6 Å². The monoisotopic (exact) mass is 379 g/mol. The van der Waals surface area contributed by atoms with Gasteiger partial charge in [-0.2, -0.15) is 0 Å². The number of thioether (sulfide) groups is 1. The zero-order valence-corrected chi connectivity index (χ0v) is 15.4. The summed E-state index contributed by atoms with van der Waals surface area (Å²) in [7, 11) is 0. The van der Waals surface area contributed by atoms with E-state index < -0.39 is 0 Å². The first-order chi connectivity index (χ1) is 12.5. The van der Waals surface area contributed by atoms with Crippen LogP contribution in [-0.4, -0.2) is 44.5 Å². The molecule has 0 bridgehead atoms. The van der Waals surface area contributed by atoms with Gasteiger partial charge in [0, 0.05) is 13.1 Å². The predicted molar refractivity (Wildman–Crippen MR) is 96.6 cm³/mol. The van der Waals surface area contributed by atoms with Crippen LogP contribution >= 0.6 is 11.8 Å². The summed E-state index contributed by atoms with van der Waals surface area (Å²) in [6.45, 7) is 3.89. The van der Waals surface area contributed by atoms with Crippen LogP contribution in [0.25, 0.3) is 0 Å². The summed E-state index contributed by atoms with van der Waals surface area (Å²) in [4.78, 5) is 14.2. The van der Waals surface area contributed by atoms with E-state index in [4.69, 9.17) is 10.6 Å². The van der Waals surface area contributed by atoms with E-state index in [1.165, 1.54) is 47.1 Å². The summed E-state index contributed by atoms with van der Waals surface area (Å²) in [6.07, 6.45) is 2.22. The van der Waals surface area contributed by atoms with Crippen LogP contribution in [0.2, 0.25) is 0 Å². The lowest BCUT2D eigenvalue weighted by atomic mass is 10.0. The molecule has 2 aromatic rings. The molecule has 0 radical (unpaired) electrons. The molecule has 1 fully saturated rings. The lowest BCUT2D eigenvalue weighted by molar-refractivity contribution is -0.130. The largest absolute Gasteiger partial charge is 0.486 e. The van der Waals surface area contributed by atoms with Crippen LogP contribution in [0, 0.1) is 11.7 Å². The number of aromatic nitrogens is 3. The number of carbonyl (C=O) groups excluding carboxylic acids is 1. The number of carbonyl (C=O) groups is 1. The van der Waals surface area contributed by atoms with Crippen LogP contribution in [0.3, 0.4) is 0 Å². The van der Waals surface area contributed by atoms with Crippen LogP contribution in [0.4, 0.5) is 4.39 Å². The van der Waals surface area contributed by atoms with Crippen molar-refractivity contribution in [3.05, 3.63) is 35.9 Å². The third-order valence-electron chi connectivity index (χ3n) is 4.25. The quantitative estimate of drug-likeness (QED) is 0.611. The molecule has 26 heavy (non-hydrogen) atoms. The fourth-order valence-corrected chi connectivity index (χ4v) is 3.59. The number of hydrogen-bond donors (Lipinski definition) is 1. The minimum atomic E-state index is -0.328. The molecule has 140 valence electrons. The highest BCUT2D eigenvalue weighted by Crippen LogP contribution is 2.20. The zero-order valence-electron chi connectivity index (χ0n) is 14.6. The molecular weight excluding hydrogens is 357 g/mol. The number of benzene rings is 1. The predicted octanol–water partition coefficient (Wildman–Crippen LogP) is 2.06. The van der Waals surface area contributed by atoms with Crippen LogP contribution in [0.5, 0.6) is 5.75 Å². The second kappa shape index (κ2) is 8.39. The van der Waals surface area contributed by atoms with Gasteiger partial charge in [-0.25, -0.2) is 9.07 Å². The summed E-state index contributed by atoms with van der Waals surface area (Å²) in [5, 5.41) is 8.47. The van der Waals surface area contributed by atoms with E-state index in [0.29, 0.717) is 22.6 Å². The second-order valence-electron chi connectivity index (χ2n) is 6.39. The number of amides is 1. The molecule has 1 aromatic carbocycles. The molecule has 1 aliphatic heterocycles. The number of halogens is 1. The Hall–Kier alpha value is -2.29. The molecule has 9 heteroatoms. The smallest absolute Gasteiger partial charge is 0.233 e.